The molecule has 0 spiro atoms. The third kappa shape index (κ3) is 2.57. The molecule has 0 radical (unpaired) electrons. The van der Waals surface area contributed by atoms with Crippen LogP contribution in [0.15, 0.2) is 6.07 Å². The molecule has 4 nitrogen and oxygen atoms in total. The summed E-state index contributed by atoms with van der Waals surface area (Å²) in [5.74, 6) is -8.93. The molecule has 1 atom stereocenters. The fraction of sp³-hybridized carbons (Fsp3) is 0.385. The third-order valence-corrected chi connectivity index (χ3v) is 3.31. The Labute approximate surface area is 117 Å². The smallest absolute Gasteiger partial charge is 0.257 e. The van der Waals surface area contributed by atoms with Crippen molar-refractivity contribution < 1.29 is 27.2 Å². The van der Waals surface area contributed by atoms with Gasteiger partial charge in [0.05, 0.1) is 5.56 Å². The van der Waals surface area contributed by atoms with Gasteiger partial charge in [0.25, 0.3) is 5.91 Å². The highest BCUT2D eigenvalue weighted by Gasteiger charge is 2.34. The van der Waals surface area contributed by atoms with Crippen molar-refractivity contribution in [3.05, 3.63) is 34.9 Å². The summed E-state index contributed by atoms with van der Waals surface area (Å²) in [6.07, 6.45) is 0.255. The molecule has 2 rings (SSSR count). The molecular weight excluding hydrogens is 292 g/mol. The minimum Gasteiger partial charge on any atom is -0.353 e. The lowest BCUT2D eigenvalue weighted by Crippen LogP contribution is -2.57. The number of nitrogens with one attached hydrogen (secondary N) is 1. The van der Waals surface area contributed by atoms with Gasteiger partial charge in [-0.05, 0) is 12.5 Å². The molecule has 2 amide bonds. The molecule has 1 saturated heterocycles. The van der Waals surface area contributed by atoms with Crippen LogP contribution in [0.1, 0.15) is 23.7 Å². The second-order valence-electron chi connectivity index (χ2n) is 4.56. The lowest BCUT2D eigenvalue weighted by Gasteiger charge is -2.34. The van der Waals surface area contributed by atoms with Crippen molar-refractivity contribution in [3.63, 3.8) is 0 Å². The molecule has 8 heteroatoms. The first-order valence-corrected chi connectivity index (χ1v) is 6.30. The molecule has 1 heterocycles. The first-order chi connectivity index (χ1) is 9.88. The molecule has 1 aliphatic heterocycles. The van der Waals surface area contributed by atoms with E-state index in [1.807, 2.05) is 0 Å². The Kier molecular flexibility index (Phi) is 4.15. The molecule has 21 heavy (non-hydrogen) atoms. The summed E-state index contributed by atoms with van der Waals surface area (Å²) in [5.41, 5.74) is -0.931. The van der Waals surface area contributed by atoms with Crippen LogP contribution in [-0.4, -0.2) is 35.8 Å². The van der Waals surface area contributed by atoms with Crippen LogP contribution in [0.5, 0.6) is 0 Å². The first kappa shape index (κ1) is 15.3. The normalized spacial score (nSPS) is 18.6. The van der Waals surface area contributed by atoms with Crippen molar-refractivity contribution in [2.75, 3.05) is 13.1 Å². The van der Waals surface area contributed by atoms with Gasteiger partial charge in [-0.2, -0.15) is 0 Å². The van der Waals surface area contributed by atoms with Crippen LogP contribution in [0.25, 0.3) is 0 Å². The summed E-state index contributed by atoms with van der Waals surface area (Å²) in [7, 11) is 0. The number of hydrogen-bond acceptors (Lipinski definition) is 2. The molecule has 0 aliphatic carbocycles. The van der Waals surface area contributed by atoms with Gasteiger partial charge in [-0.15, -0.1) is 0 Å². The molecule has 1 N–H and O–H groups in total. The first-order valence-electron chi connectivity index (χ1n) is 6.30. The monoisotopic (exact) mass is 304 g/mol. The minimum absolute atomic E-state index is 0.0726. The van der Waals surface area contributed by atoms with Crippen LogP contribution in [-0.2, 0) is 4.79 Å². The molecule has 0 saturated carbocycles. The Bertz CT molecular complexity index is 606. The van der Waals surface area contributed by atoms with E-state index in [-0.39, 0.29) is 19.5 Å². The summed E-state index contributed by atoms with van der Waals surface area (Å²) in [4.78, 5) is 24.9. The number of hydrogen-bond donors (Lipinski definition) is 1. The topological polar surface area (TPSA) is 49.4 Å². The van der Waals surface area contributed by atoms with Crippen molar-refractivity contribution in [1.82, 2.24) is 10.2 Å². The number of carbonyl (C=O) groups excluding carboxylic acids is 2. The van der Waals surface area contributed by atoms with E-state index < -0.39 is 46.7 Å². The summed E-state index contributed by atoms with van der Waals surface area (Å²) >= 11 is 0. The van der Waals surface area contributed by atoms with Gasteiger partial charge in [-0.25, -0.2) is 17.6 Å². The Morgan fingerprint density at radius 1 is 1.29 bits per heavy atom. The predicted octanol–water partition coefficient (Wildman–Crippen LogP) is 1.59. The second-order valence-corrected chi connectivity index (χ2v) is 4.56. The minimum atomic E-state index is -2.05. The van der Waals surface area contributed by atoms with Crippen LogP contribution in [0.4, 0.5) is 17.6 Å². The zero-order chi connectivity index (χ0) is 15.7. The zero-order valence-electron chi connectivity index (χ0n) is 11.1. The highest BCUT2D eigenvalue weighted by atomic mass is 19.2. The quantitative estimate of drug-likeness (QED) is 0.512. The number of rotatable bonds is 2. The van der Waals surface area contributed by atoms with Crippen LogP contribution in [0.3, 0.4) is 0 Å². The summed E-state index contributed by atoms with van der Waals surface area (Å²) < 4.78 is 52.9. The van der Waals surface area contributed by atoms with Crippen molar-refractivity contribution in [1.29, 1.82) is 0 Å². The standard InChI is InChI=1S/C13H12F4N2O2/c1-2-8-12(20)18-3-4-19(8)13(21)6-5-7(14)10(16)11(17)9(6)15/h5,8H,2-4H2,1H3,(H,18,20). The van der Waals surface area contributed by atoms with Gasteiger partial charge in [0.1, 0.15) is 6.04 Å². The Morgan fingerprint density at radius 3 is 2.57 bits per heavy atom. The van der Waals surface area contributed by atoms with Gasteiger partial charge in [-0.3, -0.25) is 9.59 Å². The molecule has 0 aromatic heterocycles. The molecule has 1 fully saturated rings. The lowest BCUT2D eigenvalue weighted by atomic mass is 10.1. The molecule has 1 aromatic rings. The highest BCUT2D eigenvalue weighted by Crippen LogP contribution is 2.22. The maximum absolute atomic E-state index is 13.6. The van der Waals surface area contributed by atoms with Crippen LogP contribution in [0.2, 0.25) is 0 Å². The van der Waals surface area contributed by atoms with Crippen molar-refractivity contribution in [3.8, 4) is 0 Å². The van der Waals surface area contributed by atoms with Crippen LogP contribution >= 0.6 is 0 Å². The molecule has 1 aliphatic rings. The molecule has 0 bridgehead atoms. The van der Waals surface area contributed by atoms with Crippen molar-refractivity contribution in [2.24, 2.45) is 0 Å². The zero-order valence-corrected chi connectivity index (χ0v) is 11.1. The van der Waals surface area contributed by atoms with Gasteiger partial charge in [0.15, 0.2) is 23.3 Å². The molecule has 1 aromatic carbocycles. The van der Waals surface area contributed by atoms with Crippen LogP contribution in [0, 0.1) is 23.3 Å². The SMILES string of the molecule is CCC1C(=O)NCCN1C(=O)c1cc(F)c(F)c(F)c1F. The second kappa shape index (κ2) is 5.71. The summed E-state index contributed by atoms with van der Waals surface area (Å²) in [6.45, 7) is 1.86. The van der Waals surface area contributed by atoms with Gasteiger partial charge >= 0.3 is 0 Å². The van der Waals surface area contributed by atoms with Crippen molar-refractivity contribution in [2.45, 2.75) is 19.4 Å². The average molecular weight is 304 g/mol. The fourth-order valence-corrected chi connectivity index (χ4v) is 2.25. The number of amides is 2. The molecular formula is C13H12F4N2O2. The lowest BCUT2D eigenvalue weighted by molar-refractivity contribution is -0.127. The number of benzene rings is 1. The predicted molar refractivity (Wildman–Crippen MR) is 64.4 cm³/mol. The van der Waals surface area contributed by atoms with E-state index >= 15 is 0 Å². The molecule has 1 unspecified atom stereocenters. The number of halogens is 4. The number of nitrogens with zero attached hydrogens (tertiary/aromatic N) is 1. The molecule has 114 valence electrons. The average Bonchev–Trinajstić information content (AvgIpc) is 2.47. The fourth-order valence-electron chi connectivity index (χ4n) is 2.25. The van der Waals surface area contributed by atoms with E-state index in [0.717, 1.165) is 4.90 Å². The van der Waals surface area contributed by atoms with Gasteiger partial charge in [0.2, 0.25) is 5.91 Å². The summed E-state index contributed by atoms with van der Waals surface area (Å²) in [5, 5.41) is 2.53. The van der Waals surface area contributed by atoms with E-state index in [4.69, 9.17) is 0 Å². The number of piperazine rings is 1. The van der Waals surface area contributed by atoms with E-state index in [2.05, 4.69) is 5.32 Å². The summed E-state index contributed by atoms with van der Waals surface area (Å²) in [6, 6.07) is -0.559. The van der Waals surface area contributed by atoms with E-state index in [9.17, 15) is 27.2 Å². The van der Waals surface area contributed by atoms with Crippen molar-refractivity contribution >= 4 is 11.8 Å². The maximum atomic E-state index is 13.6. The van der Waals surface area contributed by atoms with Gasteiger partial charge in [0, 0.05) is 13.1 Å². The largest absolute Gasteiger partial charge is 0.353 e. The Morgan fingerprint density at radius 2 is 1.95 bits per heavy atom. The number of carbonyl (C=O) groups is 2. The highest BCUT2D eigenvalue weighted by molar-refractivity contribution is 5.98. The van der Waals surface area contributed by atoms with Crippen LogP contribution < -0.4 is 5.32 Å². The third-order valence-electron chi connectivity index (χ3n) is 3.31. The Hall–Kier alpha value is -2.12. The maximum Gasteiger partial charge on any atom is 0.257 e. The van der Waals surface area contributed by atoms with E-state index in [1.165, 1.54) is 0 Å². The van der Waals surface area contributed by atoms with E-state index in [1.54, 1.807) is 6.92 Å². The van der Waals surface area contributed by atoms with Gasteiger partial charge < -0.3 is 10.2 Å². The Balaban J connectivity index is 2.42. The van der Waals surface area contributed by atoms with E-state index in [0.29, 0.717) is 6.07 Å². The van der Waals surface area contributed by atoms with Gasteiger partial charge in [-0.1, -0.05) is 6.92 Å².